The molecule has 5 heteroatoms. The van der Waals surface area contributed by atoms with Gasteiger partial charge in [0.2, 0.25) is 5.12 Å². The Morgan fingerprint density at radius 3 is 2.29 bits per heavy atom. The summed E-state index contributed by atoms with van der Waals surface area (Å²) in [6, 6.07) is 0. The van der Waals surface area contributed by atoms with Gasteiger partial charge in [0, 0.05) is 24.0 Å². The van der Waals surface area contributed by atoms with E-state index in [1.165, 1.54) is 11.8 Å². The molecule has 4 aliphatic rings. The van der Waals surface area contributed by atoms with Crippen molar-refractivity contribution < 1.29 is 14.9 Å². The van der Waals surface area contributed by atoms with Gasteiger partial charge < -0.3 is 14.9 Å². The molecular weight excluding hydrogens is 220 g/mol. The molecule has 4 atom stereocenters. The van der Waals surface area contributed by atoms with E-state index in [2.05, 4.69) is 13.8 Å². The average molecular weight is 234 g/mol. The molecule has 4 bridgehead atoms. The number of hydrogen-bond acceptors (Lipinski definition) is 5. The fourth-order valence-corrected chi connectivity index (χ4v) is 7.89. The summed E-state index contributed by atoms with van der Waals surface area (Å²) >= 11 is 3.32. The van der Waals surface area contributed by atoms with Gasteiger partial charge in [-0.1, -0.05) is 11.8 Å². The summed E-state index contributed by atoms with van der Waals surface area (Å²) < 4.78 is 5.24. The Balaban J connectivity index is 2.08. The zero-order valence-electron chi connectivity index (χ0n) is 8.24. The summed E-state index contributed by atoms with van der Waals surface area (Å²) in [5, 5.41) is 19.2. The molecule has 4 rings (SSSR count). The average Bonchev–Trinajstić information content (AvgIpc) is 1.67. The monoisotopic (exact) mass is 234 g/mol. The Bertz CT molecular complexity index is 211. The molecule has 0 aliphatic carbocycles. The van der Waals surface area contributed by atoms with Crippen LogP contribution < -0.4 is 0 Å². The Kier molecular flexibility index (Phi) is 1.61. The van der Waals surface area contributed by atoms with Crippen LogP contribution in [0.3, 0.4) is 0 Å². The highest BCUT2D eigenvalue weighted by Crippen LogP contribution is 2.70. The van der Waals surface area contributed by atoms with E-state index < -0.39 is 10.9 Å². The van der Waals surface area contributed by atoms with Crippen LogP contribution in [-0.4, -0.2) is 29.9 Å². The second-order valence-corrected chi connectivity index (χ2v) is 9.17. The van der Waals surface area contributed by atoms with Crippen molar-refractivity contribution in [2.45, 2.75) is 52.8 Å². The van der Waals surface area contributed by atoms with Gasteiger partial charge in [0.25, 0.3) is 0 Å². The predicted octanol–water partition coefficient (Wildman–Crippen LogP) is 1.49. The van der Waals surface area contributed by atoms with Crippen LogP contribution in [0, 0.1) is 0 Å². The molecule has 0 saturated carbocycles. The number of aliphatic hydroxyl groups is 2. The fourth-order valence-electron chi connectivity index (χ4n) is 3.17. The highest BCUT2D eigenvalue weighted by atomic mass is 32.2. The Hall–Kier alpha value is 0.580. The quantitative estimate of drug-likeness (QED) is 0.665. The van der Waals surface area contributed by atoms with E-state index in [-0.39, 0.29) is 8.83 Å². The largest absolute Gasteiger partial charge is 0.365 e. The van der Waals surface area contributed by atoms with Crippen LogP contribution in [0.2, 0.25) is 0 Å². The minimum atomic E-state index is -1.17. The third-order valence-electron chi connectivity index (χ3n) is 3.03. The Labute approximate surface area is 91.6 Å². The molecule has 14 heavy (non-hydrogen) atoms. The van der Waals surface area contributed by atoms with Crippen LogP contribution in [0.4, 0.5) is 0 Å². The third-order valence-corrected chi connectivity index (χ3v) is 6.01. The van der Waals surface area contributed by atoms with Gasteiger partial charge in [-0.3, -0.25) is 0 Å². The first-order valence-corrected chi connectivity index (χ1v) is 6.43. The summed E-state index contributed by atoms with van der Waals surface area (Å²) in [5.74, 6) is -1.10. The molecule has 4 aliphatic heterocycles. The van der Waals surface area contributed by atoms with Crippen LogP contribution in [0.1, 0.15) is 33.1 Å². The lowest BCUT2D eigenvalue weighted by Gasteiger charge is -2.64. The van der Waals surface area contributed by atoms with Crippen LogP contribution >= 0.6 is 23.5 Å². The standard InChI is InChI=1S/C9H14O3S2/c1-6-3-8(10)5-7(2,13-6)14-9(11,4-6)12-8/h10-11H,3-5H2,1-2H3/t6-,7-,8-,9+/m1/s1. The Morgan fingerprint density at radius 1 is 1.07 bits per heavy atom. The van der Waals surface area contributed by atoms with Gasteiger partial charge in [0.15, 0.2) is 5.79 Å². The van der Waals surface area contributed by atoms with Gasteiger partial charge in [-0.2, -0.15) is 0 Å². The zero-order chi connectivity index (χ0) is 10.2. The van der Waals surface area contributed by atoms with E-state index in [9.17, 15) is 10.2 Å². The van der Waals surface area contributed by atoms with Crippen molar-refractivity contribution >= 4 is 23.5 Å². The molecule has 0 aromatic rings. The molecule has 4 saturated heterocycles. The van der Waals surface area contributed by atoms with Gasteiger partial charge in [0.05, 0.1) is 4.08 Å². The van der Waals surface area contributed by atoms with E-state index >= 15 is 0 Å². The van der Waals surface area contributed by atoms with Gasteiger partial charge in [-0.15, -0.1) is 11.8 Å². The first-order chi connectivity index (χ1) is 6.24. The van der Waals surface area contributed by atoms with Crippen molar-refractivity contribution in [1.29, 1.82) is 0 Å². The van der Waals surface area contributed by atoms with E-state index in [1.54, 1.807) is 0 Å². The van der Waals surface area contributed by atoms with E-state index in [1.807, 2.05) is 11.8 Å². The molecule has 0 aromatic heterocycles. The van der Waals surface area contributed by atoms with E-state index in [4.69, 9.17) is 4.74 Å². The summed E-state index contributed by atoms with van der Waals surface area (Å²) in [5.41, 5.74) is 0. The Morgan fingerprint density at radius 2 is 1.79 bits per heavy atom. The van der Waals surface area contributed by atoms with Crippen LogP contribution in [0.5, 0.6) is 0 Å². The van der Waals surface area contributed by atoms with Gasteiger partial charge in [-0.25, -0.2) is 0 Å². The maximum Gasteiger partial charge on any atom is 0.220 e. The number of hydrogen-bond donors (Lipinski definition) is 2. The number of thioether (sulfide) groups is 2. The predicted molar refractivity (Wildman–Crippen MR) is 56.8 cm³/mol. The molecule has 4 fully saturated rings. The highest BCUT2D eigenvalue weighted by Gasteiger charge is 2.67. The summed E-state index contributed by atoms with van der Waals surface area (Å²) in [6.07, 6.45) is 1.84. The maximum atomic E-state index is 10.2. The first-order valence-electron chi connectivity index (χ1n) is 4.79. The van der Waals surface area contributed by atoms with Gasteiger partial charge >= 0.3 is 0 Å². The third kappa shape index (κ3) is 1.26. The summed E-state index contributed by atoms with van der Waals surface area (Å²) in [6.45, 7) is 4.19. The lowest BCUT2D eigenvalue weighted by Crippen LogP contribution is -2.66. The molecule has 0 aromatic carbocycles. The van der Waals surface area contributed by atoms with Gasteiger partial charge in [0.1, 0.15) is 0 Å². The van der Waals surface area contributed by atoms with Crippen LogP contribution in [0.15, 0.2) is 0 Å². The molecule has 2 N–H and O–H groups in total. The molecular formula is C9H14O3S2. The van der Waals surface area contributed by atoms with Gasteiger partial charge in [-0.05, 0) is 13.8 Å². The number of rotatable bonds is 0. The van der Waals surface area contributed by atoms with E-state index in [0.29, 0.717) is 19.3 Å². The second-order valence-electron chi connectivity index (χ2n) is 5.08. The first kappa shape index (κ1) is 9.78. The minimum Gasteiger partial charge on any atom is -0.365 e. The molecule has 0 unspecified atom stereocenters. The van der Waals surface area contributed by atoms with Crippen molar-refractivity contribution in [3.8, 4) is 0 Å². The van der Waals surface area contributed by atoms with E-state index in [0.717, 1.165) is 0 Å². The van der Waals surface area contributed by atoms with Crippen molar-refractivity contribution in [3.63, 3.8) is 0 Å². The second kappa shape index (κ2) is 2.30. The van der Waals surface area contributed by atoms with Crippen molar-refractivity contribution in [3.05, 3.63) is 0 Å². The lowest BCUT2D eigenvalue weighted by molar-refractivity contribution is -0.335. The molecule has 4 heterocycles. The maximum absolute atomic E-state index is 10.2. The fraction of sp³-hybridized carbons (Fsp3) is 1.00. The molecule has 3 nitrogen and oxygen atoms in total. The van der Waals surface area contributed by atoms with Crippen LogP contribution in [-0.2, 0) is 4.74 Å². The van der Waals surface area contributed by atoms with Crippen LogP contribution in [0.25, 0.3) is 0 Å². The topological polar surface area (TPSA) is 49.7 Å². The van der Waals surface area contributed by atoms with Crippen molar-refractivity contribution in [2.75, 3.05) is 0 Å². The summed E-state index contributed by atoms with van der Waals surface area (Å²) in [4.78, 5) is 0. The molecule has 0 radical (unpaired) electrons. The molecule has 0 amide bonds. The smallest absolute Gasteiger partial charge is 0.220 e. The van der Waals surface area contributed by atoms with Crippen molar-refractivity contribution in [1.82, 2.24) is 0 Å². The molecule has 80 valence electrons. The zero-order valence-corrected chi connectivity index (χ0v) is 9.87. The number of ether oxygens (including phenoxy) is 1. The minimum absolute atomic E-state index is 0.0417. The highest BCUT2D eigenvalue weighted by molar-refractivity contribution is 8.20. The molecule has 0 spiro atoms. The lowest BCUT2D eigenvalue weighted by atomic mass is 9.89. The van der Waals surface area contributed by atoms with Crippen molar-refractivity contribution in [2.24, 2.45) is 0 Å². The SMILES string of the molecule is C[C@]12C[C@]3(O)C[C@](C)(S1)S[C@](O)(C2)O3. The summed E-state index contributed by atoms with van der Waals surface area (Å²) in [7, 11) is 0. The normalized spacial score (nSPS) is 66.0.